The molecule has 2 aromatic rings. The SMILES string of the molecule is CCCCCCCCCCOc1ccc(C(=O)Oc2ccc(C#C[Si](C)(C)C)cc2)cc1OCCCCCCCCCC. The summed E-state index contributed by atoms with van der Waals surface area (Å²) in [6.07, 6.45) is 20.0. The van der Waals surface area contributed by atoms with Crippen LogP contribution in [0.3, 0.4) is 0 Å². The highest BCUT2D eigenvalue weighted by Crippen LogP contribution is 2.30. The number of benzene rings is 2. The van der Waals surface area contributed by atoms with E-state index in [4.69, 9.17) is 14.2 Å². The molecule has 0 radical (unpaired) electrons. The van der Waals surface area contributed by atoms with Gasteiger partial charge in [-0.2, -0.15) is 0 Å². The van der Waals surface area contributed by atoms with Gasteiger partial charge in [0.25, 0.3) is 0 Å². The Bertz CT molecular complexity index is 1090. The molecular formula is C38H58O4Si. The molecule has 2 rings (SSSR count). The lowest BCUT2D eigenvalue weighted by atomic mass is 10.1. The van der Waals surface area contributed by atoms with Crippen molar-refractivity contribution in [3.8, 4) is 28.7 Å². The Labute approximate surface area is 264 Å². The highest BCUT2D eigenvalue weighted by atomic mass is 28.3. The van der Waals surface area contributed by atoms with Crippen LogP contribution in [-0.2, 0) is 0 Å². The van der Waals surface area contributed by atoms with E-state index in [1.54, 1.807) is 24.3 Å². The third kappa shape index (κ3) is 17.2. The number of hydrogen-bond acceptors (Lipinski definition) is 4. The highest BCUT2D eigenvalue weighted by Gasteiger charge is 2.14. The van der Waals surface area contributed by atoms with Crippen molar-refractivity contribution >= 4 is 14.0 Å². The van der Waals surface area contributed by atoms with Gasteiger partial charge in [-0.15, -0.1) is 5.54 Å². The standard InChI is InChI=1S/C38H58O4Si/c1-6-8-10-12-14-16-18-20-29-40-36-27-24-34(32-37(36)41-30-21-19-17-15-13-11-9-7-2)38(39)42-35-25-22-33(23-26-35)28-31-43(3,4)5/h22-27,32H,6-21,29-30H2,1-5H3. The Balaban J connectivity index is 1.93. The lowest BCUT2D eigenvalue weighted by Gasteiger charge is -2.14. The summed E-state index contributed by atoms with van der Waals surface area (Å²) in [7, 11) is -1.45. The molecule has 0 spiro atoms. The molecule has 4 nitrogen and oxygen atoms in total. The second-order valence-electron chi connectivity index (χ2n) is 12.7. The molecule has 0 aliphatic carbocycles. The molecule has 0 N–H and O–H groups in total. The average molecular weight is 607 g/mol. The first-order chi connectivity index (χ1) is 20.8. The van der Waals surface area contributed by atoms with Crippen LogP contribution in [0, 0.1) is 11.5 Å². The van der Waals surface area contributed by atoms with Crippen molar-refractivity contribution in [3.05, 3.63) is 53.6 Å². The van der Waals surface area contributed by atoms with E-state index in [-0.39, 0.29) is 0 Å². The maximum absolute atomic E-state index is 13.0. The number of hydrogen-bond donors (Lipinski definition) is 0. The van der Waals surface area contributed by atoms with E-state index >= 15 is 0 Å². The lowest BCUT2D eigenvalue weighted by molar-refractivity contribution is 0.0734. The van der Waals surface area contributed by atoms with Crippen LogP contribution in [0.4, 0.5) is 0 Å². The van der Waals surface area contributed by atoms with E-state index in [9.17, 15) is 4.79 Å². The Morgan fingerprint density at radius 2 is 1.12 bits per heavy atom. The van der Waals surface area contributed by atoms with E-state index in [0.717, 1.165) is 24.8 Å². The Kier molecular flexibility index (Phi) is 18.6. The van der Waals surface area contributed by atoms with Crippen molar-refractivity contribution in [2.45, 2.75) is 136 Å². The molecule has 5 heteroatoms. The van der Waals surface area contributed by atoms with Gasteiger partial charge in [-0.1, -0.05) is 129 Å². The normalized spacial score (nSPS) is 11.1. The van der Waals surface area contributed by atoms with Crippen molar-refractivity contribution in [2.24, 2.45) is 0 Å². The van der Waals surface area contributed by atoms with Crippen LogP contribution in [0.2, 0.25) is 19.6 Å². The van der Waals surface area contributed by atoms with Gasteiger partial charge >= 0.3 is 5.97 Å². The van der Waals surface area contributed by atoms with Gasteiger partial charge in [0.1, 0.15) is 13.8 Å². The Morgan fingerprint density at radius 1 is 0.628 bits per heavy atom. The van der Waals surface area contributed by atoms with E-state index in [1.165, 1.54) is 83.5 Å². The number of carbonyl (C=O) groups is 1. The van der Waals surface area contributed by atoms with E-state index < -0.39 is 14.0 Å². The molecule has 0 atom stereocenters. The van der Waals surface area contributed by atoms with Crippen molar-refractivity contribution in [1.82, 2.24) is 0 Å². The van der Waals surface area contributed by atoms with Gasteiger partial charge in [0.15, 0.2) is 11.5 Å². The van der Waals surface area contributed by atoms with Crippen molar-refractivity contribution in [2.75, 3.05) is 13.2 Å². The zero-order valence-electron chi connectivity index (χ0n) is 27.9. The van der Waals surface area contributed by atoms with Gasteiger partial charge < -0.3 is 14.2 Å². The fourth-order valence-electron chi connectivity index (χ4n) is 4.74. The molecule has 0 heterocycles. The zero-order chi connectivity index (χ0) is 31.2. The number of esters is 1. The number of carbonyl (C=O) groups excluding carboxylic acids is 1. The first-order valence-electron chi connectivity index (χ1n) is 17.1. The zero-order valence-corrected chi connectivity index (χ0v) is 28.9. The van der Waals surface area contributed by atoms with Crippen molar-refractivity contribution in [3.63, 3.8) is 0 Å². The van der Waals surface area contributed by atoms with Crippen LogP contribution in [0.15, 0.2) is 42.5 Å². The summed E-state index contributed by atoms with van der Waals surface area (Å²) in [6, 6.07) is 12.8. The molecule has 2 aromatic carbocycles. The molecule has 0 bridgehead atoms. The lowest BCUT2D eigenvalue weighted by Crippen LogP contribution is -2.16. The monoisotopic (exact) mass is 606 g/mol. The number of unbranched alkanes of at least 4 members (excludes halogenated alkanes) is 14. The second-order valence-corrected chi connectivity index (χ2v) is 17.5. The Morgan fingerprint density at radius 3 is 1.63 bits per heavy atom. The molecule has 0 aromatic heterocycles. The maximum Gasteiger partial charge on any atom is 0.343 e. The van der Waals surface area contributed by atoms with Crippen LogP contribution in [0.5, 0.6) is 17.2 Å². The van der Waals surface area contributed by atoms with Crippen molar-refractivity contribution in [1.29, 1.82) is 0 Å². The van der Waals surface area contributed by atoms with Crippen LogP contribution in [0.25, 0.3) is 0 Å². The molecule has 0 amide bonds. The predicted molar refractivity (Wildman–Crippen MR) is 184 cm³/mol. The van der Waals surface area contributed by atoms with Gasteiger partial charge in [0.05, 0.1) is 18.8 Å². The fourth-order valence-corrected chi connectivity index (χ4v) is 5.25. The van der Waals surface area contributed by atoms with Gasteiger partial charge in [-0.3, -0.25) is 0 Å². The first kappa shape index (κ1) is 36.5. The van der Waals surface area contributed by atoms with Gasteiger partial charge in [0.2, 0.25) is 0 Å². The Hall–Kier alpha value is -2.71. The van der Waals surface area contributed by atoms with Crippen LogP contribution < -0.4 is 14.2 Å². The molecule has 0 unspecified atom stereocenters. The molecule has 0 aliphatic rings. The molecular weight excluding hydrogens is 549 g/mol. The van der Waals surface area contributed by atoms with Crippen LogP contribution in [0.1, 0.15) is 133 Å². The summed E-state index contributed by atoms with van der Waals surface area (Å²) >= 11 is 0. The van der Waals surface area contributed by atoms with Crippen LogP contribution in [-0.4, -0.2) is 27.3 Å². The number of ether oxygens (including phenoxy) is 3. The van der Waals surface area contributed by atoms with Crippen molar-refractivity contribution < 1.29 is 19.0 Å². The summed E-state index contributed by atoms with van der Waals surface area (Å²) in [5.41, 5.74) is 4.74. The van der Waals surface area contributed by atoms with E-state index in [1.807, 2.05) is 18.2 Å². The molecule has 238 valence electrons. The van der Waals surface area contributed by atoms with Crippen LogP contribution >= 0.6 is 0 Å². The third-order valence-electron chi connectivity index (χ3n) is 7.34. The minimum Gasteiger partial charge on any atom is -0.490 e. The van der Waals surface area contributed by atoms with Gasteiger partial charge in [-0.25, -0.2) is 4.79 Å². The summed E-state index contributed by atoms with van der Waals surface area (Å²) in [6.45, 7) is 12.4. The third-order valence-corrected chi connectivity index (χ3v) is 8.21. The van der Waals surface area contributed by atoms with Gasteiger partial charge in [-0.05, 0) is 55.3 Å². The fraction of sp³-hybridized carbons (Fsp3) is 0.605. The summed E-state index contributed by atoms with van der Waals surface area (Å²) in [5, 5.41) is 0. The predicted octanol–water partition coefficient (Wildman–Crippen LogP) is 11.2. The topological polar surface area (TPSA) is 44.8 Å². The van der Waals surface area contributed by atoms with E-state index in [0.29, 0.717) is 36.0 Å². The molecule has 0 saturated carbocycles. The summed E-state index contributed by atoms with van der Waals surface area (Å²) in [5.74, 6) is 4.64. The van der Waals surface area contributed by atoms with E-state index in [2.05, 4.69) is 45.0 Å². The average Bonchev–Trinajstić information content (AvgIpc) is 2.99. The minimum atomic E-state index is -1.45. The molecule has 0 saturated heterocycles. The highest BCUT2D eigenvalue weighted by molar-refractivity contribution is 6.83. The minimum absolute atomic E-state index is 0.410. The molecule has 43 heavy (non-hydrogen) atoms. The number of rotatable bonds is 22. The summed E-state index contributed by atoms with van der Waals surface area (Å²) in [4.78, 5) is 13.0. The molecule has 0 aliphatic heterocycles. The molecule has 0 fully saturated rings. The first-order valence-corrected chi connectivity index (χ1v) is 20.6. The summed E-state index contributed by atoms with van der Waals surface area (Å²) < 4.78 is 18.0. The smallest absolute Gasteiger partial charge is 0.343 e. The quantitative estimate of drug-likeness (QED) is 0.0440. The maximum atomic E-state index is 13.0. The largest absolute Gasteiger partial charge is 0.490 e. The van der Waals surface area contributed by atoms with Gasteiger partial charge in [0, 0.05) is 5.56 Å². The second kappa shape index (κ2) is 21.9.